The third-order valence-electron chi connectivity index (χ3n) is 1.37. The highest BCUT2D eigenvalue weighted by Gasteiger charge is 2.20. The highest BCUT2D eigenvalue weighted by molar-refractivity contribution is 6.31. The van der Waals surface area contributed by atoms with Crippen molar-refractivity contribution in [2.24, 2.45) is 9.98 Å². The summed E-state index contributed by atoms with van der Waals surface area (Å²) in [7, 11) is 0. The Labute approximate surface area is 57.6 Å². The summed E-state index contributed by atoms with van der Waals surface area (Å²) in [6.07, 6.45) is 4.61. The molecule has 0 fully saturated rings. The molecule has 0 aromatic carbocycles. The second kappa shape index (κ2) is 1.76. The molecular weight excluding hydrogens is 130 g/mol. The molecule has 2 aliphatic heterocycles. The Morgan fingerprint density at radius 3 is 3.30 bits per heavy atom. The van der Waals surface area contributed by atoms with E-state index in [1.165, 1.54) is 17.5 Å². The molecular formula is C6H5N3O. The maximum atomic E-state index is 10.9. The number of hydrogen-bond donors (Lipinski definition) is 0. The van der Waals surface area contributed by atoms with Gasteiger partial charge in [-0.05, 0) is 6.08 Å². The van der Waals surface area contributed by atoms with E-state index in [-0.39, 0.29) is 5.91 Å². The van der Waals surface area contributed by atoms with Gasteiger partial charge in [-0.2, -0.15) is 0 Å². The minimum atomic E-state index is -0.116. The molecule has 2 heterocycles. The predicted molar refractivity (Wildman–Crippen MR) is 36.8 cm³/mol. The van der Waals surface area contributed by atoms with Crippen LogP contribution < -0.4 is 0 Å². The van der Waals surface area contributed by atoms with Crippen LogP contribution in [0.25, 0.3) is 0 Å². The molecule has 0 unspecified atom stereocenters. The first kappa shape index (κ1) is 5.34. The number of carbonyl (C=O) groups is 1. The average molecular weight is 135 g/mol. The van der Waals surface area contributed by atoms with Crippen LogP contribution >= 0.6 is 0 Å². The van der Waals surface area contributed by atoms with Gasteiger partial charge in [-0.1, -0.05) is 0 Å². The Kier molecular flexibility index (Phi) is 0.943. The molecule has 10 heavy (non-hydrogen) atoms. The molecule has 0 bridgehead atoms. The molecule has 0 radical (unpaired) electrons. The fourth-order valence-electron chi connectivity index (χ4n) is 0.889. The van der Waals surface area contributed by atoms with E-state index in [0.717, 1.165) is 0 Å². The lowest BCUT2D eigenvalue weighted by Gasteiger charge is -2.11. The Morgan fingerprint density at radius 1 is 1.60 bits per heavy atom. The van der Waals surface area contributed by atoms with Crippen LogP contribution in [0.5, 0.6) is 0 Å². The van der Waals surface area contributed by atoms with Gasteiger partial charge in [0.05, 0.1) is 19.1 Å². The third-order valence-corrected chi connectivity index (χ3v) is 1.37. The highest BCUT2D eigenvalue weighted by atomic mass is 16.2. The maximum Gasteiger partial charge on any atom is 0.275 e. The van der Waals surface area contributed by atoms with Crippen LogP contribution in [0, 0.1) is 0 Å². The molecule has 4 nitrogen and oxygen atoms in total. The normalized spacial score (nSPS) is 21.4. The van der Waals surface area contributed by atoms with Gasteiger partial charge in [0.25, 0.3) is 5.91 Å². The molecule has 0 saturated heterocycles. The van der Waals surface area contributed by atoms with Crippen LogP contribution in [-0.2, 0) is 4.79 Å². The zero-order chi connectivity index (χ0) is 6.97. The van der Waals surface area contributed by atoms with Crippen LogP contribution in [0.3, 0.4) is 0 Å². The monoisotopic (exact) mass is 135 g/mol. The van der Waals surface area contributed by atoms with E-state index in [9.17, 15) is 4.79 Å². The molecule has 2 aliphatic rings. The minimum absolute atomic E-state index is 0.116. The molecule has 0 aromatic heterocycles. The van der Waals surface area contributed by atoms with E-state index in [2.05, 4.69) is 9.98 Å². The molecule has 0 spiro atoms. The van der Waals surface area contributed by atoms with E-state index in [1.807, 2.05) is 0 Å². The van der Waals surface area contributed by atoms with Crippen LogP contribution in [0.1, 0.15) is 0 Å². The van der Waals surface area contributed by atoms with Gasteiger partial charge in [0.2, 0.25) is 0 Å². The van der Waals surface area contributed by atoms with Gasteiger partial charge in [0, 0.05) is 0 Å². The van der Waals surface area contributed by atoms with Crippen molar-refractivity contribution in [1.82, 2.24) is 4.90 Å². The van der Waals surface area contributed by atoms with Gasteiger partial charge in [0.1, 0.15) is 5.82 Å². The first-order valence-electron chi connectivity index (χ1n) is 2.95. The summed E-state index contributed by atoms with van der Waals surface area (Å²) >= 11 is 0. The number of rotatable bonds is 0. The Hall–Kier alpha value is -1.45. The fraction of sp³-hybridized carbons (Fsp3) is 0.167. The van der Waals surface area contributed by atoms with Crippen molar-refractivity contribution >= 4 is 18.5 Å². The Balaban J connectivity index is 2.39. The van der Waals surface area contributed by atoms with Gasteiger partial charge >= 0.3 is 0 Å². The minimum Gasteiger partial charge on any atom is -0.271 e. The number of amides is 1. The largest absolute Gasteiger partial charge is 0.275 e. The van der Waals surface area contributed by atoms with Crippen LogP contribution in [0.4, 0.5) is 0 Å². The molecule has 1 amide bonds. The smallest absolute Gasteiger partial charge is 0.271 e. The van der Waals surface area contributed by atoms with Gasteiger partial charge < -0.3 is 0 Å². The lowest BCUT2D eigenvalue weighted by Crippen LogP contribution is -2.25. The number of fused-ring (bicyclic) bond motifs is 1. The SMILES string of the molecule is O=C1C=NC2=CCN=CN12. The molecule has 0 aliphatic carbocycles. The van der Waals surface area contributed by atoms with E-state index in [4.69, 9.17) is 0 Å². The van der Waals surface area contributed by atoms with Crippen molar-refractivity contribution in [1.29, 1.82) is 0 Å². The quantitative estimate of drug-likeness (QED) is 0.453. The maximum absolute atomic E-state index is 10.9. The van der Waals surface area contributed by atoms with Gasteiger partial charge in [0.15, 0.2) is 0 Å². The topological polar surface area (TPSA) is 45.0 Å². The summed E-state index contributed by atoms with van der Waals surface area (Å²) in [6, 6.07) is 0. The molecule has 2 rings (SSSR count). The standard InChI is InChI=1S/C6H5N3O/c10-6-3-8-5-1-2-7-4-9(5)6/h1,3-4H,2H2. The number of nitrogens with zero attached hydrogens (tertiary/aromatic N) is 3. The first-order valence-corrected chi connectivity index (χ1v) is 2.95. The van der Waals surface area contributed by atoms with Crippen molar-refractivity contribution in [2.75, 3.05) is 6.54 Å². The summed E-state index contributed by atoms with van der Waals surface area (Å²) in [5.41, 5.74) is 0. The molecule has 0 atom stereocenters. The Bertz CT molecular complexity index is 264. The van der Waals surface area contributed by atoms with Crippen molar-refractivity contribution in [3.8, 4) is 0 Å². The summed E-state index contributed by atoms with van der Waals surface area (Å²) in [5.74, 6) is 0.578. The number of aliphatic imine (C=N–C) groups is 2. The van der Waals surface area contributed by atoms with Crippen molar-refractivity contribution in [2.45, 2.75) is 0 Å². The molecule has 0 saturated carbocycles. The molecule has 0 aromatic rings. The summed E-state index contributed by atoms with van der Waals surface area (Å²) in [4.78, 5) is 20.0. The molecule has 50 valence electrons. The fourth-order valence-corrected chi connectivity index (χ4v) is 0.889. The first-order chi connectivity index (χ1) is 4.88. The summed E-state index contributed by atoms with van der Waals surface area (Å²) in [5, 5.41) is 0. The van der Waals surface area contributed by atoms with Gasteiger partial charge in [-0.15, -0.1) is 0 Å². The second-order valence-electron chi connectivity index (χ2n) is 2.01. The lowest BCUT2D eigenvalue weighted by molar-refractivity contribution is -0.118. The third kappa shape index (κ3) is 0.586. The molecule has 4 heteroatoms. The zero-order valence-corrected chi connectivity index (χ0v) is 5.19. The zero-order valence-electron chi connectivity index (χ0n) is 5.19. The highest BCUT2D eigenvalue weighted by Crippen LogP contribution is 2.11. The van der Waals surface area contributed by atoms with Gasteiger partial charge in [-0.3, -0.25) is 14.7 Å². The summed E-state index contributed by atoms with van der Waals surface area (Å²) in [6.45, 7) is 0.621. The number of hydrogen-bond acceptors (Lipinski definition) is 3. The predicted octanol–water partition coefficient (Wildman–Crippen LogP) is -0.217. The van der Waals surface area contributed by atoms with Crippen molar-refractivity contribution < 1.29 is 4.79 Å². The van der Waals surface area contributed by atoms with E-state index in [0.29, 0.717) is 12.4 Å². The average Bonchev–Trinajstić information content (AvgIpc) is 2.34. The van der Waals surface area contributed by atoms with Crippen molar-refractivity contribution in [3.05, 3.63) is 11.9 Å². The van der Waals surface area contributed by atoms with E-state index >= 15 is 0 Å². The van der Waals surface area contributed by atoms with Crippen LogP contribution in [0.2, 0.25) is 0 Å². The number of carbonyl (C=O) groups excluding carboxylic acids is 1. The van der Waals surface area contributed by atoms with Crippen molar-refractivity contribution in [3.63, 3.8) is 0 Å². The Morgan fingerprint density at radius 2 is 2.50 bits per heavy atom. The lowest BCUT2D eigenvalue weighted by atomic mass is 10.5. The van der Waals surface area contributed by atoms with E-state index < -0.39 is 0 Å². The van der Waals surface area contributed by atoms with E-state index in [1.54, 1.807) is 6.08 Å². The molecule has 0 N–H and O–H groups in total. The van der Waals surface area contributed by atoms with Gasteiger partial charge in [-0.25, -0.2) is 4.99 Å². The van der Waals surface area contributed by atoms with Crippen LogP contribution in [0.15, 0.2) is 21.9 Å². The second-order valence-corrected chi connectivity index (χ2v) is 2.01. The van der Waals surface area contributed by atoms with Crippen LogP contribution in [-0.4, -0.2) is 29.9 Å². The summed E-state index contributed by atoms with van der Waals surface area (Å²) < 4.78 is 0.